The maximum Gasteiger partial charge on any atom is 0.272 e. The van der Waals surface area contributed by atoms with Gasteiger partial charge in [-0.15, -0.1) is 11.3 Å². The lowest BCUT2D eigenvalue weighted by molar-refractivity contribution is 0.391. The van der Waals surface area contributed by atoms with Gasteiger partial charge in [0.25, 0.3) is 5.56 Å². The molecule has 0 aliphatic heterocycles. The summed E-state index contributed by atoms with van der Waals surface area (Å²) in [5.74, 6) is 1.52. The van der Waals surface area contributed by atoms with Gasteiger partial charge in [0, 0.05) is 16.6 Å². The first kappa shape index (κ1) is 20.3. The second-order valence-corrected chi connectivity index (χ2v) is 9.27. The van der Waals surface area contributed by atoms with E-state index in [0.717, 1.165) is 34.8 Å². The van der Waals surface area contributed by atoms with E-state index >= 15 is 0 Å². The minimum absolute atomic E-state index is 0.0321. The van der Waals surface area contributed by atoms with E-state index < -0.39 is 0 Å². The SMILES string of the molecule is CCCCCn1c(SCc2nc(-c3ccc(Br)cc3)no2)nc2ccsc2c1=O. The van der Waals surface area contributed by atoms with Crippen molar-refractivity contribution in [2.24, 2.45) is 0 Å². The smallest absolute Gasteiger partial charge is 0.272 e. The molecule has 0 aliphatic rings. The number of thioether (sulfide) groups is 1. The molecule has 0 atom stereocenters. The highest BCUT2D eigenvalue weighted by atomic mass is 79.9. The highest BCUT2D eigenvalue weighted by Crippen LogP contribution is 2.25. The molecule has 0 unspecified atom stereocenters. The quantitative estimate of drug-likeness (QED) is 0.177. The van der Waals surface area contributed by atoms with Gasteiger partial charge < -0.3 is 4.52 Å². The summed E-state index contributed by atoms with van der Waals surface area (Å²) in [5, 5.41) is 6.67. The van der Waals surface area contributed by atoms with Crippen molar-refractivity contribution in [1.82, 2.24) is 19.7 Å². The number of halogens is 1. The van der Waals surface area contributed by atoms with Crippen LogP contribution < -0.4 is 5.56 Å². The molecule has 150 valence electrons. The van der Waals surface area contributed by atoms with E-state index in [1.807, 2.05) is 35.7 Å². The Hall–Kier alpha value is -1.97. The largest absolute Gasteiger partial charge is 0.338 e. The van der Waals surface area contributed by atoms with Crippen LogP contribution in [0.5, 0.6) is 0 Å². The molecule has 0 saturated heterocycles. The molecular weight excluding hydrogens is 472 g/mol. The van der Waals surface area contributed by atoms with E-state index in [-0.39, 0.29) is 5.56 Å². The first-order chi connectivity index (χ1) is 14.2. The molecule has 29 heavy (non-hydrogen) atoms. The summed E-state index contributed by atoms with van der Waals surface area (Å²) in [6, 6.07) is 9.64. The first-order valence-electron chi connectivity index (χ1n) is 9.35. The zero-order valence-corrected chi connectivity index (χ0v) is 19.0. The number of benzene rings is 1. The molecule has 0 radical (unpaired) electrons. The molecular formula is C20H19BrN4O2S2. The van der Waals surface area contributed by atoms with E-state index in [4.69, 9.17) is 9.51 Å². The van der Waals surface area contributed by atoms with Gasteiger partial charge in [0.15, 0.2) is 5.16 Å². The number of hydrogen-bond donors (Lipinski definition) is 0. The Morgan fingerprint density at radius 3 is 2.79 bits per heavy atom. The van der Waals surface area contributed by atoms with Crippen LogP contribution in [0.15, 0.2) is 54.7 Å². The molecule has 0 bridgehead atoms. The number of nitrogens with zero attached hydrogens (tertiary/aromatic N) is 4. The summed E-state index contributed by atoms with van der Waals surface area (Å²) in [5.41, 5.74) is 1.67. The lowest BCUT2D eigenvalue weighted by atomic mass is 10.2. The highest BCUT2D eigenvalue weighted by molar-refractivity contribution is 9.10. The average molecular weight is 491 g/mol. The molecule has 0 N–H and O–H groups in total. The normalized spacial score (nSPS) is 11.4. The molecule has 4 rings (SSSR count). The molecule has 3 heterocycles. The molecule has 0 saturated carbocycles. The zero-order valence-electron chi connectivity index (χ0n) is 15.8. The van der Waals surface area contributed by atoms with Gasteiger partial charge in [-0.2, -0.15) is 4.98 Å². The number of fused-ring (bicyclic) bond motifs is 1. The van der Waals surface area contributed by atoms with Gasteiger partial charge in [-0.25, -0.2) is 4.98 Å². The van der Waals surface area contributed by atoms with Crippen LogP contribution in [0.2, 0.25) is 0 Å². The molecule has 4 aromatic rings. The van der Waals surface area contributed by atoms with Crippen LogP contribution in [0.4, 0.5) is 0 Å². The number of thiophene rings is 1. The van der Waals surface area contributed by atoms with E-state index in [0.29, 0.717) is 33.9 Å². The lowest BCUT2D eigenvalue weighted by Crippen LogP contribution is -2.22. The van der Waals surface area contributed by atoms with Gasteiger partial charge in [-0.3, -0.25) is 9.36 Å². The van der Waals surface area contributed by atoms with E-state index in [9.17, 15) is 4.79 Å². The van der Waals surface area contributed by atoms with Crippen molar-refractivity contribution in [2.75, 3.05) is 0 Å². The third-order valence-electron chi connectivity index (χ3n) is 4.41. The summed E-state index contributed by atoms with van der Waals surface area (Å²) in [6.07, 6.45) is 3.14. The Morgan fingerprint density at radius 1 is 1.17 bits per heavy atom. The lowest BCUT2D eigenvalue weighted by Gasteiger charge is -2.10. The van der Waals surface area contributed by atoms with Gasteiger partial charge in [-0.05, 0) is 42.1 Å². The highest BCUT2D eigenvalue weighted by Gasteiger charge is 2.15. The van der Waals surface area contributed by atoms with Crippen LogP contribution in [0.3, 0.4) is 0 Å². The van der Waals surface area contributed by atoms with Crippen molar-refractivity contribution in [3.8, 4) is 11.4 Å². The maximum atomic E-state index is 12.9. The van der Waals surface area contributed by atoms with Crippen molar-refractivity contribution in [3.05, 3.63) is 56.4 Å². The third kappa shape index (κ3) is 4.62. The molecule has 1 aromatic carbocycles. The number of unbranched alkanes of at least 4 members (excludes halogenated alkanes) is 2. The second kappa shape index (κ2) is 9.23. The van der Waals surface area contributed by atoms with Crippen LogP contribution in [0, 0.1) is 0 Å². The summed E-state index contributed by atoms with van der Waals surface area (Å²) >= 11 is 6.32. The van der Waals surface area contributed by atoms with E-state index in [2.05, 4.69) is 33.0 Å². The average Bonchev–Trinajstić information content (AvgIpc) is 3.38. The van der Waals surface area contributed by atoms with E-state index in [1.54, 1.807) is 4.57 Å². The molecule has 3 aromatic heterocycles. The molecule has 9 heteroatoms. The molecule has 6 nitrogen and oxygen atoms in total. The minimum atomic E-state index is 0.0321. The maximum absolute atomic E-state index is 12.9. The van der Waals surface area contributed by atoms with Crippen molar-refractivity contribution in [2.45, 2.75) is 43.6 Å². The predicted octanol–water partition coefficient (Wildman–Crippen LogP) is 5.75. The monoisotopic (exact) mass is 490 g/mol. The Labute approximate surface area is 184 Å². The van der Waals surface area contributed by atoms with Crippen LogP contribution in [0.1, 0.15) is 32.1 Å². The van der Waals surface area contributed by atoms with Crippen LogP contribution in [-0.2, 0) is 12.3 Å². The van der Waals surface area contributed by atoms with Crippen molar-refractivity contribution < 1.29 is 4.52 Å². The van der Waals surface area contributed by atoms with Gasteiger partial charge in [0.1, 0.15) is 4.70 Å². The van der Waals surface area contributed by atoms with E-state index in [1.165, 1.54) is 23.1 Å². The minimum Gasteiger partial charge on any atom is -0.338 e. The summed E-state index contributed by atoms with van der Waals surface area (Å²) < 4.78 is 8.89. The summed E-state index contributed by atoms with van der Waals surface area (Å²) in [7, 11) is 0. The standard InChI is InChI=1S/C20H19BrN4O2S2/c1-2-3-4-10-25-19(26)17-15(9-11-28-17)22-20(25)29-12-16-23-18(24-27-16)13-5-7-14(21)8-6-13/h5-9,11H,2-4,10,12H2,1H3. The Morgan fingerprint density at radius 2 is 2.00 bits per heavy atom. The fourth-order valence-electron chi connectivity index (χ4n) is 2.91. The Balaban J connectivity index is 1.55. The van der Waals surface area contributed by atoms with Gasteiger partial charge in [0.05, 0.1) is 11.3 Å². The predicted molar refractivity (Wildman–Crippen MR) is 120 cm³/mol. The van der Waals surface area contributed by atoms with Gasteiger partial charge in [0.2, 0.25) is 11.7 Å². The van der Waals surface area contributed by atoms with Gasteiger partial charge in [-0.1, -0.05) is 52.6 Å². The molecule has 0 amide bonds. The third-order valence-corrected chi connectivity index (χ3v) is 6.79. The molecule has 0 spiro atoms. The van der Waals surface area contributed by atoms with Crippen molar-refractivity contribution >= 4 is 49.2 Å². The summed E-state index contributed by atoms with van der Waals surface area (Å²) in [6.45, 7) is 2.82. The van der Waals surface area contributed by atoms with Crippen LogP contribution in [-0.4, -0.2) is 19.7 Å². The van der Waals surface area contributed by atoms with Gasteiger partial charge >= 0.3 is 0 Å². The second-order valence-electron chi connectivity index (χ2n) is 6.50. The van der Waals surface area contributed by atoms with Crippen molar-refractivity contribution in [1.29, 1.82) is 0 Å². The topological polar surface area (TPSA) is 73.8 Å². The van der Waals surface area contributed by atoms with Crippen molar-refractivity contribution in [3.63, 3.8) is 0 Å². The fourth-order valence-corrected chi connectivity index (χ4v) is 4.81. The summed E-state index contributed by atoms with van der Waals surface area (Å²) in [4.78, 5) is 22.1. The Bertz CT molecular complexity index is 1170. The fraction of sp³-hybridized carbons (Fsp3) is 0.300. The van der Waals surface area contributed by atoms with Crippen LogP contribution >= 0.6 is 39.0 Å². The molecule has 0 aliphatic carbocycles. The van der Waals surface area contributed by atoms with Crippen LogP contribution in [0.25, 0.3) is 21.6 Å². The molecule has 0 fully saturated rings. The first-order valence-corrected chi connectivity index (χ1v) is 12.0. The number of aromatic nitrogens is 4. The number of rotatable bonds is 8. The number of hydrogen-bond acceptors (Lipinski definition) is 7. The Kier molecular flexibility index (Phi) is 6.46. The zero-order chi connectivity index (χ0) is 20.2.